The van der Waals surface area contributed by atoms with E-state index in [1.54, 1.807) is 0 Å². The van der Waals surface area contributed by atoms with Crippen LogP contribution in [0.3, 0.4) is 0 Å². The molecule has 2 aliphatic rings. The van der Waals surface area contributed by atoms with Crippen molar-refractivity contribution >= 4 is 5.91 Å². The third kappa shape index (κ3) is 2.99. The molecule has 17 heavy (non-hydrogen) atoms. The van der Waals surface area contributed by atoms with Crippen LogP contribution in [0, 0.1) is 0 Å². The van der Waals surface area contributed by atoms with Crippen molar-refractivity contribution in [3.63, 3.8) is 0 Å². The van der Waals surface area contributed by atoms with Crippen LogP contribution in [-0.2, 0) is 4.79 Å². The minimum atomic E-state index is 0.263. The zero-order chi connectivity index (χ0) is 12.4. The van der Waals surface area contributed by atoms with Crippen molar-refractivity contribution in [3.05, 3.63) is 0 Å². The van der Waals surface area contributed by atoms with E-state index in [0.717, 1.165) is 32.4 Å². The molecule has 0 aromatic rings. The molecule has 0 saturated carbocycles. The number of hydrogen-bond acceptors (Lipinski definition) is 3. The summed E-state index contributed by atoms with van der Waals surface area (Å²) < 4.78 is 0. The molecular weight excluding hydrogens is 214 g/mol. The Labute approximate surface area is 104 Å². The molecule has 98 valence electrons. The van der Waals surface area contributed by atoms with E-state index in [2.05, 4.69) is 23.6 Å². The van der Waals surface area contributed by atoms with Gasteiger partial charge in [-0.3, -0.25) is 9.69 Å². The Morgan fingerprint density at radius 3 is 2.41 bits per heavy atom. The van der Waals surface area contributed by atoms with Gasteiger partial charge in [0, 0.05) is 31.2 Å². The molecule has 2 saturated heterocycles. The quantitative estimate of drug-likeness (QED) is 0.776. The fourth-order valence-electron chi connectivity index (χ4n) is 3.19. The lowest BCUT2D eigenvalue weighted by molar-refractivity contribution is -0.138. The highest BCUT2D eigenvalue weighted by Crippen LogP contribution is 2.23. The summed E-state index contributed by atoms with van der Waals surface area (Å²) in [5.74, 6) is 0.291. The third-order valence-corrected chi connectivity index (χ3v) is 4.15. The van der Waals surface area contributed by atoms with Crippen LogP contribution in [0.4, 0.5) is 0 Å². The Balaban J connectivity index is 1.89. The first-order chi connectivity index (χ1) is 8.08. The van der Waals surface area contributed by atoms with Gasteiger partial charge in [0.25, 0.3) is 0 Å². The first-order valence-corrected chi connectivity index (χ1v) is 6.87. The number of rotatable bonds is 2. The lowest BCUT2D eigenvalue weighted by Gasteiger charge is -2.39. The number of likely N-dealkylation sites (tertiary alicyclic amines) is 2. The molecule has 4 heteroatoms. The van der Waals surface area contributed by atoms with Crippen molar-refractivity contribution in [1.29, 1.82) is 0 Å². The van der Waals surface area contributed by atoms with Crippen molar-refractivity contribution < 1.29 is 4.79 Å². The van der Waals surface area contributed by atoms with Gasteiger partial charge in [-0.15, -0.1) is 0 Å². The highest BCUT2D eigenvalue weighted by Gasteiger charge is 2.30. The number of nitrogens with two attached hydrogens (primary N) is 1. The van der Waals surface area contributed by atoms with Crippen molar-refractivity contribution in [3.8, 4) is 0 Å². The van der Waals surface area contributed by atoms with Gasteiger partial charge in [0.05, 0.1) is 6.54 Å². The Morgan fingerprint density at radius 2 is 1.88 bits per heavy atom. The number of amides is 1. The molecule has 4 nitrogen and oxygen atoms in total. The van der Waals surface area contributed by atoms with Crippen LogP contribution >= 0.6 is 0 Å². The molecule has 0 spiro atoms. The third-order valence-electron chi connectivity index (χ3n) is 4.15. The van der Waals surface area contributed by atoms with Gasteiger partial charge in [-0.2, -0.15) is 0 Å². The largest absolute Gasteiger partial charge is 0.336 e. The zero-order valence-corrected chi connectivity index (χ0v) is 11.1. The summed E-state index contributed by atoms with van der Waals surface area (Å²) in [7, 11) is 0. The number of carbonyl (C=O) groups excluding carboxylic acids is 1. The molecule has 0 aromatic heterocycles. The maximum absolute atomic E-state index is 12.3. The minimum absolute atomic E-state index is 0.263. The second-order valence-electron chi connectivity index (χ2n) is 5.71. The molecule has 2 N–H and O–H groups in total. The number of nitrogens with zero attached hydrogens (tertiary/aromatic N) is 2. The van der Waals surface area contributed by atoms with Crippen molar-refractivity contribution in [2.24, 2.45) is 5.73 Å². The van der Waals surface area contributed by atoms with Crippen molar-refractivity contribution in [2.45, 2.75) is 57.7 Å². The zero-order valence-electron chi connectivity index (χ0n) is 11.1. The SMILES string of the molecule is CC1CCCC(C)N1C(=O)CN1CC[C@@H](N)C1. The monoisotopic (exact) mass is 239 g/mol. The van der Waals surface area contributed by atoms with Gasteiger partial charge in [-0.25, -0.2) is 0 Å². The molecule has 2 fully saturated rings. The maximum Gasteiger partial charge on any atom is 0.237 e. The highest BCUT2D eigenvalue weighted by atomic mass is 16.2. The lowest BCUT2D eigenvalue weighted by atomic mass is 9.97. The van der Waals surface area contributed by atoms with E-state index in [1.807, 2.05) is 0 Å². The van der Waals surface area contributed by atoms with Gasteiger partial charge in [0.15, 0.2) is 0 Å². The fraction of sp³-hybridized carbons (Fsp3) is 0.923. The standard InChI is InChI=1S/C13H25N3O/c1-10-4-3-5-11(2)16(10)13(17)9-15-7-6-12(14)8-15/h10-12H,3-9,14H2,1-2H3/t10?,11?,12-/m1/s1. The summed E-state index contributed by atoms with van der Waals surface area (Å²) in [6, 6.07) is 1.07. The Hall–Kier alpha value is -0.610. The molecule has 2 rings (SSSR count). The molecule has 1 amide bonds. The molecule has 2 aliphatic heterocycles. The summed E-state index contributed by atoms with van der Waals surface area (Å²) in [4.78, 5) is 16.6. The Morgan fingerprint density at radius 1 is 1.24 bits per heavy atom. The predicted molar refractivity (Wildman–Crippen MR) is 68.7 cm³/mol. The van der Waals surface area contributed by atoms with Crippen LogP contribution in [0.5, 0.6) is 0 Å². The van der Waals surface area contributed by atoms with Crippen LogP contribution in [0.15, 0.2) is 0 Å². The van der Waals surface area contributed by atoms with Crippen LogP contribution < -0.4 is 5.73 Å². The van der Waals surface area contributed by atoms with Gasteiger partial charge < -0.3 is 10.6 Å². The Bertz CT molecular complexity index is 272. The normalized spacial score (nSPS) is 35.2. The first-order valence-electron chi connectivity index (χ1n) is 6.87. The van der Waals surface area contributed by atoms with E-state index in [0.29, 0.717) is 24.5 Å². The fourth-order valence-corrected chi connectivity index (χ4v) is 3.19. The number of piperidine rings is 1. The van der Waals surface area contributed by atoms with Crippen molar-refractivity contribution in [1.82, 2.24) is 9.80 Å². The van der Waals surface area contributed by atoms with E-state index in [1.165, 1.54) is 6.42 Å². The van der Waals surface area contributed by atoms with E-state index in [4.69, 9.17) is 5.73 Å². The van der Waals surface area contributed by atoms with Crippen LogP contribution in [0.2, 0.25) is 0 Å². The maximum atomic E-state index is 12.3. The average molecular weight is 239 g/mol. The summed E-state index contributed by atoms with van der Waals surface area (Å²) in [6.45, 7) is 6.75. The summed E-state index contributed by atoms with van der Waals surface area (Å²) in [5.41, 5.74) is 5.87. The number of carbonyl (C=O) groups is 1. The molecule has 2 unspecified atom stereocenters. The first kappa shape index (κ1) is 12.8. The molecule has 0 aliphatic carbocycles. The minimum Gasteiger partial charge on any atom is -0.336 e. The second-order valence-corrected chi connectivity index (χ2v) is 5.71. The topological polar surface area (TPSA) is 49.6 Å². The van der Waals surface area contributed by atoms with Crippen molar-refractivity contribution in [2.75, 3.05) is 19.6 Å². The van der Waals surface area contributed by atoms with Gasteiger partial charge >= 0.3 is 0 Å². The Kier molecular flexibility index (Phi) is 4.05. The molecule has 0 aromatic carbocycles. The highest BCUT2D eigenvalue weighted by molar-refractivity contribution is 5.79. The predicted octanol–water partition coefficient (Wildman–Crippen LogP) is 0.809. The summed E-state index contributed by atoms with van der Waals surface area (Å²) in [5, 5.41) is 0. The molecular formula is C13H25N3O. The lowest BCUT2D eigenvalue weighted by Crippen LogP contribution is -2.51. The van der Waals surface area contributed by atoms with E-state index in [9.17, 15) is 4.79 Å². The molecule has 0 bridgehead atoms. The van der Waals surface area contributed by atoms with Gasteiger partial charge in [0.2, 0.25) is 5.91 Å². The van der Waals surface area contributed by atoms with Gasteiger partial charge in [-0.1, -0.05) is 0 Å². The van der Waals surface area contributed by atoms with Gasteiger partial charge in [-0.05, 0) is 39.5 Å². The summed E-state index contributed by atoms with van der Waals surface area (Å²) >= 11 is 0. The number of hydrogen-bond donors (Lipinski definition) is 1. The van der Waals surface area contributed by atoms with E-state index < -0.39 is 0 Å². The van der Waals surface area contributed by atoms with Crippen LogP contribution in [0.25, 0.3) is 0 Å². The molecule has 3 atom stereocenters. The van der Waals surface area contributed by atoms with E-state index >= 15 is 0 Å². The smallest absolute Gasteiger partial charge is 0.237 e. The molecule has 2 heterocycles. The van der Waals surface area contributed by atoms with Crippen LogP contribution in [0.1, 0.15) is 39.5 Å². The van der Waals surface area contributed by atoms with Gasteiger partial charge in [0.1, 0.15) is 0 Å². The summed E-state index contributed by atoms with van der Waals surface area (Å²) in [6.07, 6.45) is 4.57. The average Bonchev–Trinajstić information content (AvgIpc) is 2.63. The van der Waals surface area contributed by atoms with Crippen LogP contribution in [-0.4, -0.2) is 53.5 Å². The molecule has 0 radical (unpaired) electrons. The van der Waals surface area contributed by atoms with E-state index in [-0.39, 0.29) is 6.04 Å². The second kappa shape index (κ2) is 5.36.